The Morgan fingerprint density at radius 3 is 2.83 bits per heavy atom. The lowest BCUT2D eigenvalue weighted by Crippen LogP contribution is -2.14. The third-order valence-electron chi connectivity index (χ3n) is 2.35. The number of ether oxygens (including phenoxy) is 1. The van der Waals surface area contributed by atoms with Crippen LogP contribution < -0.4 is 0 Å². The fourth-order valence-electron chi connectivity index (χ4n) is 1.58. The summed E-state index contributed by atoms with van der Waals surface area (Å²) in [6.45, 7) is 1.86. The molecule has 0 aromatic carbocycles. The molecule has 0 spiro atoms. The van der Waals surface area contributed by atoms with Crippen LogP contribution in [0.15, 0.2) is 0 Å². The van der Waals surface area contributed by atoms with Crippen molar-refractivity contribution in [3.05, 3.63) is 0 Å². The van der Waals surface area contributed by atoms with Crippen LogP contribution in [0.2, 0.25) is 0 Å². The Balaban J connectivity index is 1.98. The van der Waals surface area contributed by atoms with Crippen molar-refractivity contribution in [2.45, 2.75) is 29.6 Å². The maximum absolute atomic E-state index is 8.53. The second-order valence-corrected chi connectivity index (χ2v) is 4.96. The molecule has 1 rings (SSSR count). The lowest BCUT2D eigenvalue weighted by atomic mass is 10.1. The highest BCUT2D eigenvalue weighted by molar-refractivity contribution is 14.1. The number of alkyl halides is 1. The molecule has 1 saturated carbocycles. The lowest BCUT2D eigenvalue weighted by molar-refractivity contribution is 0.0904. The molecule has 0 amide bonds. The third-order valence-corrected chi connectivity index (χ3v) is 3.98. The van der Waals surface area contributed by atoms with Crippen LogP contribution in [0.25, 0.3) is 0 Å². The fraction of sp³-hybridized carbons (Fsp3) is 1.00. The molecule has 0 radical (unpaired) electrons. The molecule has 1 aliphatic carbocycles. The number of rotatable bonds is 5. The average molecular weight is 284 g/mol. The average Bonchev–Trinajstić information content (AvgIpc) is 2.46. The van der Waals surface area contributed by atoms with Gasteiger partial charge in [0.05, 0.1) is 6.61 Å². The molecule has 0 aromatic rings. The zero-order valence-corrected chi connectivity index (χ0v) is 9.50. The van der Waals surface area contributed by atoms with Gasteiger partial charge in [-0.15, -0.1) is 0 Å². The van der Waals surface area contributed by atoms with Gasteiger partial charge in [0.15, 0.2) is 0 Å². The SMILES string of the molecule is OCCCOCC1CCCC1I. The molecule has 1 fully saturated rings. The summed E-state index contributed by atoms with van der Waals surface area (Å²) in [5.41, 5.74) is 0. The molecule has 2 atom stereocenters. The van der Waals surface area contributed by atoms with Gasteiger partial charge in [0.25, 0.3) is 0 Å². The van der Waals surface area contributed by atoms with Gasteiger partial charge in [-0.1, -0.05) is 29.0 Å². The zero-order chi connectivity index (χ0) is 8.81. The Labute approximate surface area is 87.8 Å². The van der Waals surface area contributed by atoms with E-state index in [4.69, 9.17) is 9.84 Å². The van der Waals surface area contributed by atoms with Crippen molar-refractivity contribution in [3.63, 3.8) is 0 Å². The Morgan fingerprint density at radius 1 is 1.42 bits per heavy atom. The van der Waals surface area contributed by atoms with E-state index in [9.17, 15) is 0 Å². The highest BCUT2D eigenvalue weighted by Gasteiger charge is 2.24. The van der Waals surface area contributed by atoms with Crippen molar-refractivity contribution < 1.29 is 9.84 Å². The van der Waals surface area contributed by atoms with E-state index in [1.807, 2.05) is 0 Å². The largest absolute Gasteiger partial charge is 0.396 e. The minimum atomic E-state index is 0.248. The molecule has 1 N–H and O–H groups in total. The molecule has 2 nitrogen and oxygen atoms in total. The number of hydrogen-bond acceptors (Lipinski definition) is 2. The Kier molecular flexibility index (Phi) is 5.50. The second-order valence-electron chi connectivity index (χ2n) is 3.36. The molecular weight excluding hydrogens is 267 g/mol. The van der Waals surface area contributed by atoms with Crippen LogP contribution in [-0.2, 0) is 4.74 Å². The summed E-state index contributed by atoms with van der Waals surface area (Å²) >= 11 is 2.53. The van der Waals surface area contributed by atoms with Crippen LogP contribution in [0.1, 0.15) is 25.7 Å². The first-order valence-corrected chi connectivity index (χ1v) is 5.92. The summed E-state index contributed by atoms with van der Waals surface area (Å²) in [6, 6.07) is 0. The van der Waals surface area contributed by atoms with Gasteiger partial charge in [-0.2, -0.15) is 0 Å². The van der Waals surface area contributed by atoms with E-state index in [0.717, 1.165) is 29.5 Å². The number of halogens is 1. The molecule has 0 saturated heterocycles. The Morgan fingerprint density at radius 2 is 2.25 bits per heavy atom. The molecule has 3 heteroatoms. The molecular formula is C9H17IO2. The molecule has 2 unspecified atom stereocenters. The summed E-state index contributed by atoms with van der Waals surface area (Å²) in [5.74, 6) is 0.768. The minimum Gasteiger partial charge on any atom is -0.396 e. The van der Waals surface area contributed by atoms with Crippen LogP contribution >= 0.6 is 22.6 Å². The Bertz CT molecular complexity index is 119. The topological polar surface area (TPSA) is 29.5 Å². The van der Waals surface area contributed by atoms with Crippen LogP contribution in [0, 0.1) is 5.92 Å². The van der Waals surface area contributed by atoms with Crippen molar-refractivity contribution in [1.82, 2.24) is 0 Å². The van der Waals surface area contributed by atoms with Gasteiger partial charge in [0.1, 0.15) is 0 Å². The monoisotopic (exact) mass is 284 g/mol. The highest BCUT2D eigenvalue weighted by atomic mass is 127. The van der Waals surface area contributed by atoms with E-state index < -0.39 is 0 Å². The maximum Gasteiger partial charge on any atom is 0.0504 e. The third kappa shape index (κ3) is 3.58. The van der Waals surface area contributed by atoms with Crippen molar-refractivity contribution in [1.29, 1.82) is 0 Å². The first kappa shape index (κ1) is 10.7. The van der Waals surface area contributed by atoms with Gasteiger partial charge in [0.2, 0.25) is 0 Å². The molecule has 0 aliphatic heterocycles. The van der Waals surface area contributed by atoms with Crippen molar-refractivity contribution in [3.8, 4) is 0 Å². The van der Waals surface area contributed by atoms with Crippen molar-refractivity contribution >= 4 is 22.6 Å². The Hall–Kier alpha value is 0.650. The van der Waals surface area contributed by atoms with Crippen molar-refractivity contribution in [2.24, 2.45) is 5.92 Å². The predicted octanol–water partition coefficient (Wildman–Crippen LogP) is 1.99. The number of hydrogen-bond donors (Lipinski definition) is 1. The van der Waals surface area contributed by atoms with Crippen LogP contribution in [0.4, 0.5) is 0 Å². The molecule has 0 heterocycles. The van der Waals surface area contributed by atoms with E-state index in [-0.39, 0.29) is 6.61 Å². The quantitative estimate of drug-likeness (QED) is 0.475. The normalized spacial score (nSPS) is 29.5. The zero-order valence-electron chi connectivity index (χ0n) is 7.34. The van der Waals surface area contributed by atoms with Crippen LogP contribution in [0.3, 0.4) is 0 Å². The first-order chi connectivity index (χ1) is 5.84. The first-order valence-electron chi connectivity index (χ1n) is 4.67. The molecule has 0 bridgehead atoms. The van der Waals surface area contributed by atoms with E-state index in [2.05, 4.69) is 22.6 Å². The second kappa shape index (κ2) is 6.16. The summed E-state index contributed by atoms with van der Waals surface area (Å²) < 4.78 is 6.28. The number of aliphatic hydroxyl groups excluding tert-OH is 1. The van der Waals surface area contributed by atoms with E-state index >= 15 is 0 Å². The van der Waals surface area contributed by atoms with Gasteiger partial charge in [-0.3, -0.25) is 0 Å². The predicted molar refractivity (Wildman–Crippen MR) is 57.7 cm³/mol. The fourth-order valence-corrected chi connectivity index (χ4v) is 2.59. The molecule has 12 heavy (non-hydrogen) atoms. The van der Waals surface area contributed by atoms with Gasteiger partial charge in [0, 0.05) is 17.1 Å². The highest BCUT2D eigenvalue weighted by Crippen LogP contribution is 2.31. The smallest absolute Gasteiger partial charge is 0.0504 e. The summed E-state index contributed by atoms with van der Waals surface area (Å²) in [5, 5.41) is 8.53. The van der Waals surface area contributed by atoms with Crippen LogP contribution in [-0.4, -0.2) is 28.9 Å². The number of aliphatic hydroxyl groups is 1. The van der Waals surface area contributed by atoms with Gasteiger partial charge < -0.3 is 9.84 Å². The van der Waals surface area contributed by atoms with Gasteiger partial charge >= 0.3 is 0 Å². The standard InChI is InChI=1S/C9H17IO2/c10-9-4-1-3-8(9)7-12-6-2-5-11/h8-9,11H,1-7H2. The molecule has 72 valence electrons. The van der Waals surface area contributed by atoms with Gasteiger partial charge in [-0.25, -0.2) is 0 Å². The molecule has 1 aliphatic rings. The summed E-state index contributed by atoms with van der Waals surface area (Å²) in [6.07, 6.45) is 4.82. The van der Waals surface area contributed by atoms with Crippen molar-refractivity contribution in [2.75, 3.05) is 19.8 Å². The van der Waals surface area contributed by atoms with E-state index in [1.54, 1.807) is 0 Å². The van der Waals surface area contributed by atoms with E-state index in [0.29, 0.717) is 0 Å². The van der Waals surface area contributed by atoms with E-state index in [1.165, 1.54) is 19.3 Å². The molecule has 0 aromatic heterocycles. The van der Waals surface area contributed by atoms with Gasteiger partial charge in [-0.05, 0) is 25.2 Å². The summed E-state index contributed by atoms with van der Waals surface area (Å²) in [7, 11) is 0. The minimum absolute atomic E-state index is 0.248. The lowest BCUT2D eigenvalue weighted by Gasteiger charge is -2.13. The van der Waals surface area contributed by atoms with Crippen LogP contribution in [0.5, 0.6) is 0 Å². The maximum atomic E-state index is 8.53. The summed E-state index contributed by atoms with van der Waals surface area (Å²) in [4.78, 5) is 0.